The Hall–Kier alpha value is -0.730. The van der Waals surface area contributed by atoms with Crippen molar-refractivity contribution in [1.29, 1.82) is 0 Å². The Bertz CT molecular complexity index is 271. The maximum absolute atomic E-state index is 9.21. The van der Waals surface area contributed by atoms with Gasteiger partial charge in [-0.25, -0.2) is 0 Å². The average Bonchev–Trinajstić information content (AvgIpc) is 2.04. The van der Waals surface area contributed by atoms with E-state index < -0.39 is 6.10 Å². The number of methoxy groups -OCH3 is 1. The standard InChI is InChI=1S/C9H11ClO2/c1-6(11)7-3-4-9(12-2)8(10)5-7/h3-6,11H,1-2H3. The molecule has 0 saturated carbocycles. The first-order valence-corrected chi connectivity index (χ1v) is 4.04. The van der Waals surface area contributed by atoms with Crippen LogP contribution in [-0.2, 0) is 0 Å². The van der Waals surface area contributed by atoms with E-state index in [9.17, 15) is 5.11 Å². The molecule has 1 N–H and O–H groups in total. The second-order valence-electron chi connectivity index (χ2n) is 2.57. The molecule has 2 nitrogen and oxygen atoms in total. The van der Waals surface area contributed by atoms with Gasteiger partial charge in [0.25, 0.3) is 0 Å². The Kier molecular flexibility index (Phi) is 2.95. The zero-order valence-corrected chi connectivity index (χ0v) is 7.80. The molecule has 3 heteroatoms. The monoisotopic (exact) mass is 186 g/mol. The van der Waals surface area contributed by atoms with Gasteiger partial charge in [-0.1, -0.05) is 17.7 Å². The summed E-state index contributed by atoms with van der Waals surface area (Å²) < 4.78 is 4.97. The van der Waals surface area contributed by atoms with Gasteiger partial charge in [0, 0.05) is 0 Å². The molecule has 0 aliphatic heterocycles. The predicted molar refractivity (Wildman–Crippen MR) is 48.6 cm³/mol. The van der Waals surface area contributed by atoms with Crippen LogP contribution in [0.5, 0.6) is 5.75 Å². The Morgan fingerprint density at radius 2 is 2.17 bits per heavy atom. The molecule has 1 aromatic rings. The quantitative estimate of drug-likeness (QED) is 0.769. The summed E-state index contributed by atoms with van der Waals surface area (Å²) in [6.45, 7) is 1.69. The molecule has 1 aromatic carbocycles. The number of hydrogen-bond donors (Lipinski definition) is 1. The molecular weight excluding hydrogens is 176 g/mol. The molecule has 0 fully saturated rings. The van der Waals surface area contributed by atoms with E-state index in [0.29, 0.717) is 10.8 Å². The topological polar surface area (TPSA) is 29.5 Å². The fraction of sp³-hybridized carbons (Fsp3) is 0.333. The van der Waals surface area contributed by atoms with E-state index in [1.54, 1.807) is 32.2 Å². The molecule has 0 spiro atoms. The molecule has 0 aliphatic carbocycles. The summed E-state index contributed by atoms with van der Waals surface area (Å²) in [5.74, 6) is 0.626. The average molecular weight is 187 g/mol. The summed E-state index contributed by atoms with van der Waals surface area (Å²) in [7, 11) is 1.56. The minimum atomic E-state index is -0.492. The van der Waals surface area contributed by atoms with Crippen LogP contribution in [0, 0.1) is 0 Å². The smallest absolute Gasteiger partial charge is 0.137 e. The molecule has 0 bridgehead atoms. The Labute approximate surface area is 76.7 Å². The first-order chi connectivity index (χ1) is 5.65. The summed E-state index contributed by atoms with van der Waals surface area (Å²) in [5.41, 5.74) is 0.792. The lowest BCUT2D eigenvalue weighted by Crippen LogP contribution is -1.91. The zero-order valence-electron chi connectivity index (χ0n) is 7.04. The van der Waals surface area contributed by atoms with Gasteiger partial charge < -0.3 is 9.84 Å². The molecule has 0 radical (unpaired) electrons. The van der Waals surface area contributed by atoms with E-state index in [0.717, 1.165) is 5.56 Å². The Morgan fingerprint density at radius 3 is 2.58 bits per heavy atom. The third-order valence-corrected chi connectivity index (χ3v) is 1.95. The van der Waals surface area contributed by atoms with Crippen molar-refractivity contribution < 1.29 is 9.84 Å². The Morgan fingerprint density at radius 1 is 1.50 bits per heavy atom. The second-order valence-corrected chi connectivity index (χ2v) is 2.98. The number of ether oxygens (including phenoxy) is 1. The summed E-state index contributed by atoms with van der Waals surface area (Å²) >= 11 is 5.84. The first kappa shape index (κ1) is 9.36. The van der Waals surface area contributed by atoms with Crippen molar-refractivity contribution in [3.8, 4) is 5.75 Å². The minimum absolute atomic E-state index is 0.492. The van der Waals surface area contributed by atoms with Crippen LogP contribution in [0.4, 0.5) is 0 Å². The molecule has 12 heavy (non-hydrogen) atoms. The zero-order chi connectivity index (χ0) is 9.14. The van der Waals surface area contributed by atoms with Gasteiger partial charge in [0.1, 0.15) is 5.75 Å². The largest absolute Gasteiger partial charge is 0.495 e. The van der Waals surface area contributed by atoms with Gasteiger partial charge in [-0.15, -0.1) is 0 Å². The van der Waals surface area contributed by atoms with Crippen LogP contribution in [0.25, 0.3) is 0 Å². The summed E-state index contributed by atoms with van der Waals surface area (Å²) in [4.78, 5) is 0. The van der Waals surface area contributed by atoms with Crippen molar-refractivity contribution in [2.75, 3.05) is 7.11 Å². The lowest BCUT2D eigenvalue weighted by molar-refractivity contribution is 0.199. The SMILES string of the molecule is COc1ccc(C(C)O)cc1Cl. The summed E-state index contributed by atoms with van der Waals surface area (Å²) in [6, 6.07) is 5.23. The molecule has 66 valence electrons. The van der Waals surface area contributed by atoms with Crippen molar-refractivity contribution in [1.82, 2.24) is 0 Å². The van der Waals surface area contributed by atoms with Crippen molar-refractivity contribution in [3.63, 3.8) is 0 Å². The number of halogens is 1. The van der Waals surface area contributed by atoms with E-state index in [2.05, 4.69) is 0 Å². The number of hydrogen-bond acceptors (Lipinski definition) is 2. The Balaban J connectivity index is 3.02. The third kappa shape index (κ3) is 1.90. The highest BCUT2D eigenvalue weighted by Crippen LogP contribution is 2.27. The number of aliphatic hydroxyl groups is 1. The third-order valence-electron chi connectivity index (χ3n) is 1.66. The van der Waals surface area contributed by atoms with Crippen LogP contribution in [0.2, 0.25) is 5.02 Å². The van der Waals surface area contributed by atoms with Crippen LogP contribution in [0.1, 0.15) is 18.6 Å². The fourth-order valence-corrected chi connectivity index (χ4v) is 1.21. The van der Waals surface area contributed by atoms with E-state index in [-0.39, 0.29) is 0 Å². The molecular formula is C9H11ClO2. The molecule has 0 saturated heterocycles. The molecule has 1 atom stereocenters. The van der Waals surface area contributed by atoms with Gasteiger partial charge in [-0.2, -0.15) is 0 Å². The minimum Gasteiger partial charge on any atom is -0.495 e. The van der Waals surface area contributed by atoms with Crippen LogP contribution in [0.15, 0.2) is 18.2 Å². The molecule has 0 aliphatic rings. The van der Waals surface area contributed by atoms with E-state index >= 15 is 0 Å². The second kappa shape index (κ2) is 3.78. The number of aliphatic hydroxyl groups excluding tert-OH is 1. The van der Waals surface area contributed by atoms with Gasteiger partial charge in [0.05, 0.1) is 18.2 Å². The van der Waals surface area contributed by atoms with Gasteiger partial charge in [-0.05, 0) is 24.6 Å². The first-order valence-electron chi connectivity index (χ1n) is 3.66. The normalized spacial score (nSPS) is 12.7. The van der Waals surface area contributed by atoms with Gasteiger partial charge in [0.2, 0.25) is 0 Å². The molecule has 1 rings (SSSR count). The lowest BCUT2D eigenvalue weighted by atomic mass is 10.1. The van der Waals surface area contributed by atoms with Crippen LogP contribution >= 0.6 is 11.6 Å². The van der Waals surface area contributed by atoms with Crippen LogP contribution in [-0.4, -0.2) is 12.2 Å². The van der Waals surface area contributed by atoms with E-state index in [1.807, 2.05) is 0 Å². The highest BCUT2D eigenvalue weighted by Gasteiger charge is 2.04. The number of rotatable bonds is 2. The van der Waals surface area contributed by atoms with Gasteiger partial charge in [-0.3, -0.25) is 0 Å². The predicted octanol–water partition coefficient (Wildman–Crippen LogP) is 2.40. The maximum atomic E-state index is 9.21. The van der Waals surface area contributed by atoms with Gasteiger partial charge >= 0.3 is 0 Å². The van der Waals surface area contributed by atoms with E-state index in [4.69, 9.17) is 16.3 Å². The molecule has 0 heterocycles. The number of benzene rings is 1. The molecule has 1 unspecified atom stereocenters. The maximum Gasteiger partial charge on any atom is 0.137 e. The van der Waals surface area contributed by atoms with Crippen molar-refractivity contribution in [2.45, 2.75) is 13.0 Å². The highest BCUT2D eigenvalue weighted by molar-refractivity contribution is 6.32. The van der Waals surface area contributed by atoms with Crippen molar-refractivity contribution >= 4 is 11.6 Å². The molecule has 0 amide bonds. The van der Waals surface area contributed by atoms with Crippen LogP contribution in [0.3, 0.4) is 0 Å². The van der Waals surface area contributed by atoms with Crippen molar-refractivity contribution in [3.05, 3.63) is 28.8 Å². The molecule has 0 aromatic heterocycles. The highest BCUT2D eigenvalue weighted by atomic mass is 35.5. The summed E-state index contributed by atoms with van der Waals surface area (Å²) in [6.07, 6.45) is -0.492. The van der Waals surface area contributed by atoms with Crippen molar-refractivity contribution in [2.24, 2.45) is 0 Å². The van der Waals surface area contributed by atoms with E-state index in [1.165, 1.54) is 0 Å². The fourth-order valence-electron chi connectivity index (χ4n) is 0.942. The summed E-state index contributed by atoms with van der Waals surface area (Å²) in [5, 5.41) is 9.74. The van der Waals surface area contributed by atoms with Crippen LogP contribution < -0.4 is 4.74 Å². The van der Waals surface area contributed by atoms with Gasteiger partial charge in [0.15, 0.2) is 0 Å². The lowest BCUT2D eigenvalue weighted by Gasteiger charge is -2.07.